The Labute approximate surface area is 83.1 Å². The van der Waals surface area contributed by atoms with Crippen LogP contribution in [0.15, 0.2) is 30.3 Å². The lowest BCUT2D eigenvalue weighted by molar-refractivity contribution is 0.0622. The lowest BCUT2D eigenvalue weighted by Gasteiger charge is -2.12. The highest BCUT2D eigenvalue weighted by Crippen LogP contribution is 2.13. The quantitative estimate of drug-likeness (QED) is 0.714. The number of hydrogen-bond donors (Lipinski definition) is 1. The molecule has 0 saturated carbocycles. The van der Waals surface area contributed by atoms with Crippen LogP contribution in [0, 0.1) is 0 Å². The van der Waals surface area contributed by atoms with Gasteiger partial charge in [0.1, 0.15) is 6.10 Å². The SMILES string of the molecule is CC1NCO[C@@H]1C(=O)c1ccccc1. The lowest BCUT2D eigenvalue weighted by Crippen LogP contribution is -2.33. The molecule has 0 aliphatic carbocycles. The molecule has 0 bridgehead atoms. The summed E-state index contributed by atoms with van der Waals surface area (Å²) in [6.07, 6.45) is -0.336. The third-order valence-corrected chi connectivity index (χ3v) is 2.44. The minimum absolute atomic E-state index is 0.0584. The van der Waals surface area contributed by atoms with Crippen molar-refractivity contribution in [3.05, 3.63) is 35.9 Å². The third kappa shape index (κ3) is 1.69. The molecule has 3 heteroatoms. The molecular formula is C11H13NO2. The Hall–Kier alpha value is -1.19. The van der Waals surface area contributed by atoms with Crippen molar-refractivity contribution in [1.29, 1.82) is 0 Å². The first-order valence-corrected chi connectivity index (χ1v) is 4.73. The minimum atomic E-state index is -0.336. The molecule has 0 radical (unpaired) electrons. The number of ether oxygens (including phenoxy) is 1. The van der Waals surface area contributed by atoms with Gasteiger partial charge in [0.2, 0.25) is 0 Å². The molecule has 14 heavy (non-hydrogen) atoms. The van der Waals surface area contributed by atoms with Gasteiger partial charge in [-0.25, -0.2) is 0 Å². The zero-order valence-electron chi connectivity index (χ0n) is 8.07. The monoisotopic (exact) mass is 191 g/mol. The maximum absolute atomic E-state index is 11.9. The molecule has 1 aromatic rings. The van der Waals surface area contributed by atoms with Gasteiger partial charge in [-0.05, 0) is 6.92 Å². The van der Waals surface area contributed by atoms with Crippen molar-refractivity contribution in [2.75, 3.05) is 6.73 Å². The molecule has 1 heterocycles. The van der Waals surface area contributed by atoms with E-state index in [-0.39, 0.29) is 17.9 Å². The summed E-state index contributed by atoms with van der Waals surface area (Å²) in [7, 11) is 0. The number of ketones is 1. The van der Waals surface area contributed by atoms with Gasteiger partial charge in [-0.15, -0.1) is 0 Å². The van der Waals surface area contributed by atoms with E-state index in [1.165, 1.54) is 0 Å². The van der Waals surface area contributed by atoms with Crippen LogP contribution in [0.25, 0.3) is 0 Å². The molecule has 1 unspecified atom stereocenters. The number of benzene rings is 1. The molecule has 0 spiro atoms. The topological polar surface area (TPSA) is 38.3 Å². The Balaban J connectivity index is 2.16. The number of Topliss-reactive ketones (excluding diaryl/α,β-unsaturated/α-hetero) is 1. The number of nitrogens with one attached hydrogen (secondary N) is 1. The molecule has 74 valence electrons. The summed E-state index contributed by atoms with van der Waals surface area (Å²) in [5, 5.41) is 3.08. The largest absolute Gasteiger partial charge is 0.353 e. The fourth-order valence-corrected chi connectivity index (χ4v) is 1.59. The highest BCUT2D eigenvalue weighted by molar-refractivity contribution is 6.00. The standard InChI is InChI=1S/C11H13NO2/c1-8-11(14-7-12-8)10(13)9-5-3-2-4-6-9/h2-6,8,11-12H,7H2,1H3/t8?,11-/m0/s1. The van der Waals surface area contributed by atoms with Crippen LogP contribution in [0.5, 0.6) is 0 Å². The van der Waals surface area contributed by atoms with E-state index in [1.54, 1.807) is 0 Å². The predicted molar refractivity (Wildman–Crippen MR) is 53.1 cm³/mol. The number of hydrogen-bond acceptors (Lipinski definition) is 3. The summed E-state index contributed by atoms with van der Waals surface area (Å²) in [5.41, 5.74) is 0.716. The van der Waals surface area contributed by atoms with Gasteiger partial charge in [0.05, 0.1) is 6.73 Å². The maximum Gasteiger partial charge on any atom is 0.193 e. The Kier molecular flexibility index (Phi) is 2.61. The summed E-state index contributed by atoms with van der Waals surface area (Å²) < 4.78 is 5.32. The second kappa shape index (κ2) is 3.90. The molecule has 1 aliphatic heterocycles. The van der Waals surface area contributed by atoms with Crippen molar-refractivity contribution in [3.8, 4) is 0 Å². The second-order valence-corrected chi connectivity index (χ2v) is 3.45. The van der Waals surface area contributed by atoms with Crippen LogP contribution < -0.4 is 5.32 Å². The molecule has 3 nitrogen and oxygen atoms in total. The van der Waals surface area contributed by atoms with Gasteiger partial charge in [-0.3, -0.25) is 10.1 Å². The summed E-state index contributed by atoms with van der Waals surface area (Å²) in [4.78, 5) is 11.9. The van der Waals surface area contributed by atoms with Gasteiger partial charge in [-0.2, -0.15) is 0 Å². The van der Waals surface area contributed by atoms with Crippen LogP contribution in [0.3, 0.4) is 0 Å². The van der Waals surface area contributed by atoms with Crippen LogP contribution >= 0.6 is 0 Å². The van der Waals surface area contributed by atoms with E-state index in [2.05, 4.69) is 5.32 Å². The number of rotatable bonds is 2. The third-order valence-electron chi connectivity index (χ3n) is 2.44. The van der Waals surface area contributed by atoms with Gasteiger partial charge in [-0.1, -0.05) is 30.3 Å². The van der Waals surface area contributed by atoms with Crippen LogP contribution in [0.1, 0.15) is 17.3 Å². The Morgan fingerprint density at radius 1 is 1.43 bits per heavy atom. The van der Waals surface area contributed by atoms with E-state index in [0.29, 0.717) is 12.3 Å². The fourth-order valence-electron chi connectivity index (χ4n) is 1.59. The molecule has 1 saturated heterocycles. The summed E-state index contributed by atoms with van der Waals surface area (Å²) in [6, 6.07) is 9.35. The summed E-state index contributed by atoms with van der Waals surface area (Å²) >= 11 is 0. The van der Waals surface area contributed by atoms with Crippen molar-refractivity contribution in [1.82, 2.24) is 5.32 Å². The smallest absolute Gasteiger partial charge is 0.193 e. The molecular weight excluding hydrogens is 178 g/mol. The lowest BCUT2D eigenvalue weighted by atomic mass is 10.0. The van der Waals surface area contributed by atoms with Crippen molar-refractivity contribution < 1.29 is 9.53 Å². The van der Waals surface area contributed by atoms with Crippen molar-refractivity contribution >= 4 is 5.78 Å². The highest BCUT2D eigenvalue weighted by atomic mass is 16.5. The van der Waals surface area contributed by atoms with Crippen molar-refractivity contribution in [2.45, 2.75) is 19.1 Å². The first-order valence-electron chi connectivity index (χ1n) is 4.73. The van der Waals surface area contributed by atoms with Gasteiger partial charge in [0.25, 0.3) is 0 Å². The minimum Gasteiger partial charge on any atom is -0.353 e. The van der Waals surface area contributed by atoms with E-state index in [4.69, 9.17) is 4.74 Å². The molecule has 0 aromatic heterocycles. The Bertz CT molecular complexity index is 323. The van der Waals surface area contributed by atoms with Crippen molar-refractivity contribution in [2.24, 2.45) is 0 Å². The van der Waals surface area contributed by atoms with E-state index < -0.39 is 0 Å². The van der Waals surface area contributed by atoms with Gasteiger partial charge in [0.15, 0.2) is 5.78 Å². The van der Waals surface area contributed by atoms with Gasteiger partial charge in [0, 0.05) is 11.6 Å². The average molecular weight is 191 g/mol. The first-order chi connectivity index (χ1) is 6.79. The van der Waals surface area contributed by atoms with Crippen LogP contribution in [0.4, 0.5) is 0 Å². The number of carbonyl (C=O) groups excluding carboxylic acids is 1. The molecule has 2 atom stereocenters. The molecule has 0 amide bonds. The first kappa shape index (κ1) is 9.37. The summed E-state index contributed by atoms with van der Waals surface area (Å²) in [5.74, 6) is 0.0584. The molecule has 1 fully saturated rings. The van der Waals surface area contributed by atoms with E-state index in [0.717, 1.165) is 0 Å². The average Bonchev–Trinajstić information content (AvgIpc) is 2.65. The zero-order chi connectivity index (χ0) is 9.97. The summed E-state index contributed by atoms with van der Waals surface area (Å²) in [6.45, 7) is 2.42. The Morgan fingerprint density at radius 3 is 2.71 bits per heavy atom. The van der Waals surface area contributed by atoms with Gasteiger partial charge >= 0.3 is 0 Å². The second-order valence-electron chi connectivity index (χ2n) is 3.45. The molecule has 1 N–H and O–H groups in total. The highest BCUT2D eigenvalue weighted by Gasteiger charge is 2.30. The maximum atomic E-state index is 11.9. The van der Waals surface area contributed by atoms with Crippen LogP contribution in [-0.2, 0) is 4.74 Å². The van der Waals surface area contributed by atoms with E-state index in [1.807, 2.05) is 37.3 Å². The predicted octanol–water partition coefficient (Wildman–Crippen LogP) is 1.20. The molecule has 1 aromatic carbocycles. The normalized spacial score (nSPS) is 26.4. The Morgan fingerprint density at radius 2 is 2.14 bits per heavy atom. The van der Waals surface area contributed by atoms with E-state index >= 15 is 0 Å². The zero-order valence-corrected chi connectivity index (χ0v) is 8.07. The molecule has 1 aliphatic rings. The molecule has 2 rings (SSSR count). The van der Waals surface area contributed by atoms with Crippen molar-refractivity contribution in [3.63, 3.8) is 0 Å². The van der Waals surface area contributed by atoms with Gasteiger partial charge < -0.3 is 4.74 Å². The van der Waals surface area contributed by atoms with Crippen LogP contribution in [-0.4, -0.2) is 24.7 Å². The number of carbonyl (C=O) groups is 1. The fraction of sp³-hybridized carbons (Fsp3) is 0.364. The van der Waals surface area contributed by atoms with E-state index in [9.17, 15) is 4.79 Å². The van der Waals surface area contributed by atoms with Crippen LogP contribution in [0.2, 0.25) is 0 Å².